The maximum atomic E-state index is 12.3. The molecule has 0 bridgehead atoms. The van der Waals surface area contributed by atoms with Crippen LogP contribution in [0, 0.1) is 11.3 Å². The summed E-state index contributed by atoms with van der Waals surface area (Å²) in [5.74, 6) is 1.80. The Morgan fingerprint density at radius 1 is 1.11 bits per heavy atom. The average Bonchev–Trinajstić information content (AvgIpc) is 2.71. The molecule has 3 rings (SSSR count). The third kappa shape index (κ3) is 3.60. The van der Waals surface area contributed by atoms with Crippen molar-refractivity contribution in [1.29, 1.82) is 5.26 Å². The molecule has 1 aromatic carbocycles. The average molecular weight is 384 g/mol. The molecule has 1 fully saturated rings. The van der Waals surface area contributed by atoms with Crippen molar-refractivity contribution >= 4 is 5.82 Å². The van der Waals surface area contributed by atoms with E-state index >= 15 is 0 Å². The topological polar surface area (TPSA) is 89.5 Å². The first-order valence-electron chi connectivity index (χ1n) is 9.31. The number of hydrogen-bond donors (Lipinski definition) is 0. The monoisotopic (exact) mass is 384 g/mol. The summed E-state index contributed by atoms with van der Waals surface area (Å²) in [7, 11) is 2.96. The molecule has 0 aliphatic carbocycles. The van der Waals surface area contributed by atoms with Crippen molar-refractivity contribution in [1.82, 2.24) is 9.13 Å². The van der Waals surface area contributed by atoms with E-state index in [1.54, 1.807) is 7.05 Å². The number of anilines is 1. The minimum Gasteiger partial charge on any atom is -0.490 e. The van der Waals surface area contributed by atoms with Crippen molar-refractivity contribution in [3.05, 3.63) is 50.7 Å². The van der Waals surface area contributed by atoms with Gasteiger partial charge in [0.1, 0.15) is 18.0 Å². The molecule has 0 atom stereocenters. The zero-order chi connectivity index (χ0) is 20.3. The number of rotatable bonds is 5. The zero-order valence-electron chi connectivity index (χ0n) is 16.3. The highest BCUT2D eigenvalue weighted by Gasteiger charge is 2.27. The Morgan fingerprint density at radius 2 is 1.75 bits per heavy atom. The first-order chi connectivity index (χ1) is 13.5. The molecule has 0 N–H and O–H groups in total. The summed E-state index contributed by atoms with van der Waals surface area (Å²) < 4.78 is 14.1. The predicted octanol–water partition coefficient (Wildman–Crippen LogP) is 1.40. The number of nitrogens with zero attached hydrogens (tertiary/aromatic N) is 4. The van der Waals surface area contributed by atoms with E-state index in [-0.39, 0.29) is 11.7 Å². The third-order valence-corrected chi connectivity index (χ3v) is 4.93. The van der Waals surface area contributed by atoms with Gasteiger partial charge in [-0.05, 0) is 19.1 Å². The summed E-state index contributed by atoms with van der Waals surface area (Å²) >= 11 is 0. The molecular formula is C20H24N4O4. The fourth-order valence-electron chi connectivity index (χ4n) is 3.49. The van der Waals surface area contributed by atoms with Crippen LogP contribution < -0.4 is 25.6 Å². The van der Waals surface area contributed by atoms with Gasteiger partial charge in [-0.1, -0.05) is 12.1 Å². The minimum atomic E-state index is -0.565. The summed E-state index contributed by atoms with van der Waals surface area (Å²) in [6.45, 7) is 3.65. The first-order valence-corrected chi connectivity index (χ1v) is 9.31. The number of nitriles is 1. The second kappa shape index (κ2) is 8.21. The molecule has 2 aromatic rings. The predicted molar refractivity (Wildman–Crippen MR) is 105 cm³/mol. The first kappa shape index (κ1) is 19.5. The van der Waals surface area contributed by atoms with Crippen molar-refractivity contribution in [2.45, 2.75) is 25.9 Å². The highest BCUT2D eigenvalue weighted by molar-refractivity contribution is 5.53. The molecule has 0 spiro atoms. The molecule has 148 valence electrons. The number of para-hydroxylation sites is 2. The van der Waals surface area contributed by atoms with E-state index < -0.39 is 11.2 Å². The van der Waals surface area contributed by atoms with Crippen molar-refractivity contribution in [2.24, 2.45) is 14.1 Å². The van der Waals surface area contributed by atoms with E-state index in [9.17, 15) is 14.9 Å². The van der Waals surface area contributed by atoms with Crippen LogP contribution in [-0.2, 0) is 14.1 Å². The van der Waals surface area contributed by atoms with Gasteiger partial charge in [0.2, 0.25) is 0 Å². The summed E-state index contributed by atoms with van der Waals surface area (Å²) in [5, 5.41) is 9.45. The quantitative estimate of drug-likeness (QED) is 0.774. The lowest BCUT2D eigenvalue weighted by Crippen LogP contribution is -2.46. The van der Waals surface area contributed by atoms with Crippen LogP contribution in [0.25, 0.3) is 0 Å². The van der Waals surface area contributed by atoms with E-state index in [2.05, 4.69) is 0 Å². The van der Waals surface area contributed by atoms with E-state index in [0.717, 1.165) is 4.57 Å². The summed E-state index contributed by atoms with van der Waals surface area (Å²) in [5.41, 5.74) is -1.02. The summed E-state index contributed by atoms with van der Waals surface area (Å²) in [6, 6.07) is 9.53. The van der Waals surface area contributed by atoms with Crippen LogP contribution in [0.15, 0.2) is 33.9 Å². The Hall–Kier alpha value is -3.21. The zero-order valence-corrected chi connectivity index (χ0v) is 16.3. The molecule has 1 aliphatic heterocycles. The molecule has 2 heterocycles. The molecule has 0 radical (unpaired) electrons. The third-order valence-electron chi connectivity index (χ3n) is 4.93. The Bertz CT molecular complexity index is 1010. The summed E-state index contributed by atoms with van der Waals surface area (Å²) in [6.07, 6.45) is 1.40. The largest absolute Gasteiger partial charge is 0.490 e. The molecule has 0 saturated carbocycles. The lowest BCUT2D eigenvalue weighted by atomic mass is 10.1. The summed E-state index contributed by atoms with van der Waals surface area (Å²) in [4.78, 5) is 26.5. The van der Waals surface area contributed by atoms with Crippen LogP contribution in [0.4, 0.5) is 5.82 Å². The lowest BCUT2D eigenvalue weighted by molar-refractivity contribution is 0.162. The fraction of sp³-hybridized carbons (Fsp3) is 0.450. The molecule has 1 saturated heterocycles. The standard InChI is InChI=1S/C20H24N4O4/c1-4-27-16-7-5-6-8-17(16)28-14-9-11-24(12-10-14)18-15(13-21)19(25)23(3)20(26)22(18)2/h5-8,14H,4,9-12H2,1-3H3. The van der Waals surface area contributed by atoms with Crippen molar-refractivity contribution in [3.63, 3.8) is 0 Å². The second-order valence-corrected chi connectivity index (χ2v) is 6.70. The van der Waals surface area contributed by atoms with Gasteiger partial charge in [0, 0.05) is 40.0 Å². The highest BCUT2D eigenvalue weighted by Crippen LogP contribution is 2.30. The molecule has 1 aromatic heterocycles. The van der Waals surface area contributed by atoms with Gasteiger partial charge in [0.15, 0.2) is 17.1 Å². The van der Waals surface area contributed by atoms with E-state index in [0.29, 0.717) is 49.9 Å². The van der Waals surface area contributed by atoms with Gasteiger partial charge in [0.25, 0.3) is 5.56 Å². The Morgan fingerprint density at radius 3 is 2.36 bits per heavy atom. The Kier molecular flexibility index (Phi) is 5.73. The van der Waals surface area contributed by atoms with Crippen LogP contribution in [0.1, 0.15) is 25.3 Å². The van der Waals surface area contributed by atoms with Crippen LogP contribution in [0.2, 0.25) is 0 Å². The number of piperidine rings is 1. The number of hydrogen-bond acceptors (Lipinski definition) is 6. The van der Waals surface area contributed by atoms with Gasteiger partial charge in [0.05, 0.1) is 6.61 Å². The SMILES string of the molecule is CCOc1ccccc1OC1CCN(c2c(C#N)c(=O)n(C)c(=O)n2C)CC1. The number of aromatic nitrogens is 2. The van der Waals surface area contributed by atoms with Crippen molar-refractivity contribution in [3.8, 4) is 17.6 Å². The van der Waals surface area contributed by atoms with Gasteiger partial charge in [-0.15, -0.1) is 0 Å². The van der Waals surface area contributed by atoms with Gasteiger partial charge in [-0.3, -0.25) is 13.9 Å². The van der Waals surface area contributed by atoms with Crippen molar-refractivity contribution in [2.75, 3.05) is 24.6 Å². The van der Waals surface area contributed by atoms with E-state index in [1.165, 1.54) is 11.6 Å². The number of ether oxygens (including phenoxy) is 2. The van der Waals surface area contributed by atoms with Crippen LogP contribution in [0.3, 0.4) is 0 Å². The van der Waals surface area contributed by atoms with Gasteiger partial charge < -0.3 is 14.4 Å². The Labute approximate surface area is 163 Å². The fourth-order valence-corrected chi connectivity index (χ4v) is 3.49. The molecule has 0 amide bonds. The van der Waals surface area contributed by atoms with Crippen LogP contribution in [0.5, 0.6) is 11.5 Å². The van der Waals surface area contributed by atoms with Gasteiger partial charge in [-0.25, -0.2) is 4.79 Å². The maximum Gasteiger partial charge on any atom is 0.332 e. The molecule has 8 nitrogen and oxygen atoms in total. The molecule has 28 heavy (non-hydrogen) atoms. The number of benzene rings is 1. The lowest BCUT2D eigenvalue weighted by Gasteiger charge is -2.34. The maximum absolute atomic E-state index is 12.3. The van der Waals surface area contributed by atoms with Gasteiger partial charge in [-0.2, -0.15) is 5.26 Å². The van der Waals surface area contributed by atoms with E-state index in [4.69, 9.17) is 9.47 Å². The normalized spacial score (nSPS) is 14.6. The van der Waals surface area contributed by atoms with Crippen LogP contribution in [-0.4, -0.2) is 34.9 Å². The Balaban J connectivity index is 1.78. The second-order valence-electron chi connectivity index (χ2n) is 6.70. The molecule has 1 aliphatic rings. The highest BCUT2D eigenvalue weighted by atomic mass is 16.5. The molecule has 8 heteroatoms. The molecular weight excluding hydrogens is 360 g/mol. The molecule has 0 unspecified atom stereocenters. The van der Waals surface area contributed by atoms with E-state index in [1.807, 2.05) is 42.2 Å². The van der Waals surface area contributed by atoms with Crippen LogP contribution >= 0.6 is 0 Å². The smallest absolute Gasteiger partial charge is 0.332 e. The van der Waals surface area contributed by atoms with Gasteiger partial charge >= 0.3 is 5.69 Å². The van der Waals surface area contributed by atoms with Crippen molar-refractivity contribution < 1.29 is 9.47 Å². The minimum absolute atomic E-state index is 0.00744.